The zero-order valence-electron chi connectivity index (χ0n) is 12.0. The van der Waals surface area contributed by atoms with Gasteiger partial charge in [-0.3, -0.25) is 20.4 Å². The fourth-order valence-electron chi connectivity index (χ4n) is 1.81. The van der Waals surface area contributed by atoms with Crippen LogP contribution in [-0.2, 0) is 4.79 Å². The highest BCUT2D eigenvalue weighted by Crippen LogP contribution is 2.11. The SMILES string of the molecule is CC(=O)/C=C(\NNC(=O)c1ccc(Cl)cc1)c1ccccc1. The van der Waals surface area contributed by atoms with Gasteiger partial charge in [-0.25, -0.2) is 0 Å². The van der Waals surface area contributed by atoms with Crippen molar-refractivity contribution in [1.29, 1.82) is 0 Å². The molecule has 0 aromatic heterocycles. The minimum absolute atomic E-state index is 0.118. The number of ketones is 1. The molecule has 2 aromatic carbocycles. The summed E-state index contributed by atoms with van der Waals surface area (Å²) in [4.78, 5) is 23.4. The van der Waals surface area contributed by atoms with Crippen LogP contribution in [0.15, 0.2) is 60.7 Å². The summed E-state index contributed by atoms with van der Waals surface area (Å²) in [5.74, 6) is -0.436. The Balaban J connectivity index is 2.10. The van der Waals surface area contributed by atoms with Crippen LogP contribution in [0.25, 0.3) is 5.70 Å². The zero-order chi connectivity index (χ0) is 15.9. The minimum Gasteiger partial charge on any atom is -0.298 e. The Bertz CT molecular complexity index is 694. The summed E-state index contributed by atoms with van der Waals surface area (Å²) in [6, 6.07) is 15.8. The molecule has 0 heterocycles. The van der Waals surface area contributed by atoms with E-state index in [9.17, 15) is 9.59 Å². The summed E-state index contributed by atoms with van der Waals surface area (Å²) in [5.41, 5.74) is 7.15. The van der Waals surface area contributed by atoms with Gasteiger partial charge in [-0.15, -0.1) is 0 Å². The topological polar surface area (TPSA) is 58.2 Å². The van der Waals surface area contributed by atoms with Crippen LogP contribution >= 0.6 is 11.6 Å². The highest BCUT2D eigenvalue weighted by Gasteiger charge is 2.07. The van der Waals surface area contributed by atoms with Gasteiger partial charge in [-0.1, -0.05) is 41.9 Å². The van der Waals surface area contributed by atoms with Crippen molar-refractivity contribution < 1.29 is 9.59 Å². The summed E-state index contributed by atoms with van der Waals surface area (Å²) in [7, 11) is 0. The van der Waals surface area contributed by atoms with E-state index >= 15 is 0 Å². The predicted octanol–water partition coefficient (Wildman–Crippen LogP) is 3.20. The monoisotopic (exact) mass is 314 g/mol. The van der Waals surface area contributed by atoms with Gasteiger partial charge in [0.05, 0.1) is 5.70 Å². The van der Waals surface area contributed by atoms with E-state index in [2.05, 4.69) is 10.9 Å². The Morgan fingerprint density at radius 2 is 1.55 bits per heavy atom. The van der Waals surface area contributed by atoms with Crippen LogP contribution in [0.5, 0.6) is 0 Å². The van der Waals surface area contributed by atoms with Crippen molar-refractivity contribution in [3.63, 3.8) is 0 Å². The molecule has 0 fully saturated rings. The molecule has 0 spiro atoms. The molecule has 4 nitrogen and oxygen atoms in total. The highest BCUT2D eigenvalue weighted by atomic mass is 35.5. The molecular formula is C17H15ClN2O2. The fraction of sp³-hybridized carbons (Fsp3) is 0.0588. The molecule has 0 aliphatic heterocycles. The molecule has 0 aliphatic rings. The van der Waals surface area contributed by atoms with E-state index in [1.165, 1.54) is 13.0 Å². The van der Waals surface area contributed by atoms with Gasteiger partial charge in [-0.2, -0.15) is 0 Å². The molecule has 0 radical (unpaired) electrons. The van der Waals surface area contributed by atoms with E-state index in [1.807, 2.05) is 30.3 Å². The van der Waals surface area contributed by atoms with E-state index in [4.69, 9.17) is 11.6 Å². The standard InChI is InChI=1S/C17H15ClN2O2/c1-12(21)11-16(13-5-3-2-4-6-13)19-20-17(22)14-7-9-15(18)10-8-14/h2-11,19H,1H3,(H,20,22)/b16-11-. The molecule has 0 saturated carbocycles. The van der Waals surface area contributed by atoms with Gasteiger partial charge in [-0.05, 0) is 36.8 Å². The lowest BCUT2D eigenvalue weighted by atomic mass is 10.1. The van der Waals surface area contributed by atoms with Gasteiger partial charge in [0.2, 0.25) is 0 Å². The van der Waals surface area contributed by atoms with Crippen LogP contribution in [0.1, 0.15) is 22.8 Å². The quantitative estimate of drug-likeness (QED) is 0.658. The molecule has 112 valence electrons. The Kier molecular flexibility index (Phi) is 5.33. The van der Waals surface area contributed by atoms with Gasteiger partial charge in [0.15, 0.2) is 5.78 Å². The summed E-state index contributed by atoms with van der Waals surface area (Å²) in [6.45, 7) is 1.45. The number of hydrogen-bond acceptors (Lipinski definition) is 3. The van der Waals surface area contributed by atoms with Crippen molar-refractivity contribution in [3.05, 3.63) is 76.8 Å². The van der Waals surface area contributed by atoms with Crippen molar-refractivity contribution in [1.82, 2.24) is 10.9 Å². The summed E-state index contributed by atoms with van der Waals surface area (Å²) >= 11 is 5.79. The average molecular weight is 315 g/mol. The highest BCUT2D eigenvalue weighted by molar-refractivity contribution is 6.30. The van der Waals surface area contributed by atoms with E-state index in [1.54, 1.807) is 24.3 Å². The minimum atomic E-state index is -0.318. The van der Waals surface area contributed by atoms with Crippen LogP contribution in [0, 0.1) is 0 Å². The first-order valence-electron chi connectivity index (χ1n) is 6.66. The number of carbonyl (C=O) groups excluding carboxylic acids is 2. The summed E-state index contributed by atoms with van der Waals surface area (Å²) in [6.07, 6.45) is 1.43. The van der Waals surface area contributed by atoms with Crippen molar-refractivity contribution in [2.75, 3.05) is 0 Å². The zero-order valence-corrected chi connectivity index (χ0v) is 12.7. The van der Waals surface area contributed by atoms with Crippen molar-refractivity contribution in [2.45, 2.75) is 6.92 Å². The molecular weight excluding hydrogens is 300 g/mol. The maximum absolute atomic E-state index is 12.0. The number of halogens is 1. The number of amides is 1. The molecule has 2 aromatic rings. The first-order chi connectivity index (χ1) is 10.6. The summed E-state index contributed by atoms with van der Waals surface area (Å²) < 4.78 is 0. The third-order valence-electron chi connectivity index (χ3n) is 2.85. The van der Waals surface area contributed by atoms with Gasteiger partial charge < -0.3 is 0 Å². The van der Waals surface area contributed by atoms with Gasteiger partial charge in [0.1, 0.15) is 0 Å². The van der Waals surface area contributed by atoms with Crippen LogP contribution in [0.4, 0.5) is 0 Å². The normalized spacial score (nSPS) is 10.9. The lowest BCUT2D eigenvalue weighted by Crippen LogP contribution is -2.36. The number of allylic oxidation sites excluding steroid dienone is 1. The lowest BCUT2D eigenvalue weighted by molar-refractivity contribution is -0.112. The molecule has 2 N–H and O–H groups in total. The molecule has 1 amide bonds. The predicted molar refractivity (Wildman–Crippen MR) is 87.2 cm³/mol. The van der Waals surface area contributed by atoms with Crippen LogP contribution in [-0.4, -0.2) is 11.7 Å². The average Bonchev–Trinajstić information content (AvgIpc) is 2.52. The van der Waals surface area contributed by atoms with E-state index in [0.29, 0.717) is 16.3 Å². The molecule has 2 rings (SSSR count). The van der Waals surface area contributed by atoms with Crippen molar-refractivity contribution in [3.8, 4) is 0 Å². The Morgan fingerprint density at radius 3 is 2.14 bits per heavy atom. The number of rotatable bonds is 5. The van der Waals surface area contributed by atoms with Gasteiger partial charge in [0, 0.05) is 16.7 Å². The van der Waals surface area contributed by atoms with E-state index in [0.717, 1.165) is 5.56 Å². The fourth-order valence-corrected chi connectivity index (χ4v) is 1.94. The molecule has 0 saturated heterocycles. The van der Waals surface area contributed by atoms with Crippen molar-refractivity contribution >= 4 is 29.0 Å². The molecule has 0 unspecified atom stereocenters. The van der Waals surface area contributed by atoms with Gasteiger partial charge >= 0.3 is 0 Å². The van der Waals surface area contributed by atoms with E-state index < -0.39 is 0 Å². The largest absolute Gasteiger partial charge is 0.298 e. The molecule has 0 bridgehead atoms. The third-order valence-corrected chi connectivity index (χ3v) is 3.10. The maximum atomic E-state index is 12.0. The van der Waals surface area contributed by atoms with Crippen LogP contribution in [0.2, 0.25) is 5.02 Å². The molecule has 0 atom stereocenters. The van der Waals surface area contributed by atoms with Crippen molar-refractivity contribution in [2.24, 2.45) is 0 Å². The number of hydrogen-bond donors (Lipinski definition) is 2. The second kappa shape index (κ2) is 7.43. The molecule has 5 heteroatoms. The third kappa shape index (κ3) is 4.46. The lowest BCUT2D eigenvalue weighted by Gasteiger charge is -2.12. The number of nitrogens with one attached hydrogen (secondary N) is 2. The molecule has 22 heavy (non-hydrogen) atoms. The first-order valence-corrected chi connectivity index (χ1v) is 7.03. The molecule has 0 aliphatic carbocycles. The number of benzene rings is 2. The second-order valence-corrected chi connectivity index (χ2v) is 5.06. The Labute approximate surface area is 133 Å². The first kappa shape index (κ1) is 15.8. The van der Waals surface area contributed by atoms with Gasteiger partial charge in [0.25, 0.3) is 5.91 Å². The van der Waals surface area contributed by atoms with Crippen LogP contribution in [0.3, 0.4) is 0 Å². The smallest absolute Gasteiger partial charge is 0.269 e. The Hall–Kier alpha value is -2.59. The number of hydrazine groups is 1. The van der Waals surface area contributed by atoms with E-state index in [-0.39, 0.29) is 11.7 Å². The second-order valence-electron chi connectivity index (χ2n) is 4.62. The Morgan fingerprint density at radius 1 is 0.909 bits per heavy atom. The number of carbonyl (C=O) groups is 2. The summed E-state index contributed by atoms with van der Waals surface area (Å²) in [5, 5.41) is 0.561. The maximum Gasteiger partial charge on any atom is 0.269 e. The van der Waals surface area contributed by atoms with Crippen LogP contribution < -0.4 is 10.9 Å².